The second-order valence-electron chi connectivity index (χ2n) is 5.22. The van der Waals surface area contributed by atoms with Gasteiger partial charge in [-0.2, -0.15) is 10.1 Å². The number of aromatic nitrogens is 1. The first-order valence-electron chi connectivity index (χ1n) is 7.61. The number of methoxy groups -OCH3 is 2. The first-order valence-corrected chi connectivity index (χ1v) is 7.61. The van der Waals surface area contributed by atoms with E-state index in [0.29, 0.717) is 11.4 Å². The van der Waals surface area contributed by atoms with Crippen molar-refractivity contribution in [2.24, 2.45) is 5.10 Å². The van der Waals surface area contributed by atoms with Crippen molar-refractivity contribution in [1.29, 1.82) is 0 Å². The molecule has 8 heteroatoms. The van der Waals surface area contributed by atoms with Crippen molar-refractivity contribution in [3.8, 4) is 0 Å². The number of rotatable bonds is 3. The summed E-state index contributed by atoms with van der Waals surface area (Å²) in [6.45, 7) is 0. The van der Waals surface area contributed by atoms with Crippen LogP contribution in [0, 0.1) is 0 Å². The van der Waals surface area contributed by atoms with E-state index in [9.17, 15) is 14.4 Å². The lowest BCUT2D eigenvalue weighted by Crippen LogP contribution is -2.23. The standard InChI is InChI=1S/C18H15N3O5/c1-25-17(23)15-14(11-13-9-6-10-20(13)18(24)26-2)16(22)21(19-15)12-7-4-3-5-8-12/h3-11H,1-2H3/b14-11-. The van der Waals surface area contributed by atoms with Gasteiger partial charge in [0.25, 0.3) is 5.91 Å². The summed E-state index contributed by atoms with van der Waals surface area (Å²) in [4.78, 5) is 36.7. The SMILES string of the molecule is COC(=O)C1=NN(c2ccccc2)C(=O)/C1=C\c1cccn1C(=O)OC. The van der Waals surface area contributed by atoms with Crippen molar-refractivity contribution in [2.75, 3.05) is 19.2 Å². The second kappa shape index (κ2) is 7.06. The summed E-state index contributed by atoms with van der Waals surface area (Å²) in [6.07, 6.45) is 2.27. The predicted octanol–water partition coefficient (Wildman–Crippen LogP) is 2.06. The van der Waals surface area contributed by atoms with Gasteiger partial charge in [-0.15, -0.1) is 0 Å². The monoisotopic (exact) mass is 353 g/mol. The number of para-hydroxylation sites is 1. The first-order chi connectivity index (χ1) is 12.6. The van der Waals surface area contributed by atoms with Crippen LogP contribution < -0.4 is 5.01 Å². The summed E-state index contributed by atoms with van der Waals surface area (Å²) >= 11 is 0. The fraction of sp³-hybridized carbons (Fsp3) is 0.111. The zero-order chi connectivity index (χ0) is 18.7. The lowest BCUT2D eigenvalue weighted by Gasteiger charge is -2.10. The fourth-order valence-corrected chi connectivity index (χ4v) is 2.46. The molecule has 8 nitrogen and oxygen atoms in total. The number of hydrogen-bond acceptors (Lipinski definition) is 6. The molecule has 2 heterocycles. The average molecular weight is 353 g/mol. The molecule has 0 N–H and O–H groups in total. The third-order valence-electron chi connectivity index (χ3n) is 3.70. The number of benzene rings is 1. The van der Waals surface area contributed by atoms with Crippen LogP contribution in [0.1, 0.15) is 5.69 Å². The third kappa shape index (κ3) is 3.00. The van der Waals surface area contributed by atoms with Gasteiger partial charge in [-0.1, -0.05) is 18.2 Å². The van der Waals surface area contributed by atoms with Gasteiger partial charge >= 0.3 is 12.1 Å². The Labute approximate surface area is 148 Å². The Morgan fingerprint density at radius 3 is 2.42 bits per heavy atom. The normalized spacial score (nSPS) is 15.2. The lowest BCUT2D eigenvalue weighted by atomic mass is 10.1. The molecule has 2 aromatic rings. The molecule has 0 spiro atoms. The van der Waals surface area contributed by atoms with Gasteiger partial charge in [0.1, 0.15) is 0 Å². The minimum absolute atomic E-state index is 0.0181. The number of carbonyl (C=O) groups is 3. The zero-order valence-corrected chi connectivity index (χ0v) is 14.1. The molecule has 0 saturated carbocycles. The number of esters is 1. The Hall–Kier alpha value is -3.68. The van der Waals surface area contributed by atoms with E-state index in [2.05, 4.69) is 5.10 Å². The summed E-state index contributed by atoms with van der Waals surface area (Å²) in [6, 6.07) is 11.9. The number of amides is 1. The van der Waals surface area contributed by atoms with Crippen molar-refractivity contribution in [3.05, 3.63) is 59.9 Å². The quantitative estimate of drug-likeness (QED) is 0.622. The van der Waals surface area contributed by atoms with Crippen LogP contribution in [0.2, 0.25) is 0 Å². The van der Waals surface area contributed by atoms with Gasteiger partial charge in [-0.3, -0.25) is 9.36 Å². The van der Waals surface area contributed by atoms with E-state index in [1.165, 1.54) is 31.1 Å². The van der Waals surface area contributed by atoms with Gasteiger partial charge in [0.15, 0.2) is 5.71 Å². The molecule has 0 bridgehead atoms. The highest BCUT2D eigenvalue weighted by atomic mass is 16.5. The smallest absolute Gasteiger partial charge is 0.418 e. The number of anilines is 1. The van der Waals surface area contributed by atoms with Crippen molar-refractivity contribution in [3.63, 3.8) is 0 Å². The molecule has 0 atom stereocenters. The Morgan fingerprint density at radius 1 is 1.04 bits per heavy atom. The van der Waals surface area contributed by atoms with Crippen LogP contribution in [0.25, 0.3) is 6.08 Å². The molecule has 26 heavy (non-hydrogen) atoms. The van der Waals surface area contributed by atoms with E-state index in [-0.39, 0.29) is 11.3 Å². The van der Waals surface area contributed by atoms with Gasteiger partial charge < -0.3 is 9.47 Å². The number of hydrogen-bond donors (Lipinski definition) is 0. The van der Waals surface area contributed by atoms with Crippen molar-refractivity contribution >= 4 is 35.4 Å². The summed E-state index contributed by atoms with van der Waals surface area (Å²) in [5.74, 6) is -1.26. The van der Waals surface area contributed by atoms with Gasteiger partial charge in [0.05, 0.1) is 31.2 Å². The highest BCUT2D eigenvalue weighted by Crippen LogP contribution is 2.25. The Morgan fingerprint density at radius 2 is 1.77 bits per heavy atom. The van der Waals surface area contributed by atoms with Crippen LogP contribution in [0.3, 0.4) is 0 Å². The van der Waals surface area contributed by atoms with Gasteiger partial charge in [0, 0.05) is 6.20 Å². The molecule has 0 radical (unpaired) electrons. The van der Waals surface area contributed by atoms with Crippen LogP contribution in [0.4, 0.5) is 10.5 Å². The first kappa shape index (κ1) is 17.2. The molecule has 1 aliphatic rings. The molecule has 0 aliphatic carbocycles. The lowest BCUT2D eigenvalue weighted by molar-refractivity contribution is -0.132. The molecule has 1 amide bonds. The van der Waals surface area contributed by atoms with E-state index in [1.807, 2.05) is 0 Å². The maximum absolute atomic E-state index is 12.8. The van der Waals surface area contributed by atoms with E-state index >= 15 is 0 Å². The minimum atomic E-state index is -0.751. The molecule has 1 aliphatic heterocycles. The van der Waals surface area contributed by atoms with E-state index in [4.69, 9.17) is 9.47 Å². The number of carbonyl (C=O) groups excluding carboxylic acids is 3. The Kier molecular flexibility index (Phi) is 4.66. The van der Waals surface area contributed by atoms with Crippen molar-refractivity contribution in [2.45, 2.75) is 0 Å². The fourth-order valence-electron chi connectivity index (χ4n) is 2.46. The molecule has 0 fully saturated rings. The van der Waals surface area contributed by atoms with E-state index in [1.54, 1.807) is 42.5 Å². The van der Waals surface area contributed by atoms with Crippen LogP contribution in [0.5, 0.6) is 0 Å². The molecule has 1 aromatic heterocycles. The molecule has 3 rings (SSSR count). The number of ether oxygens (including phenoxy) is 2. The maximum atomic E-state index is 12.8. The van der Waals surface area contributed by atoms with E-state index < -0.39 is 18.0 Å². The Balaban J connectivity index is 2.07. The van der Waals surface area contributed by atoms with Crippen LogP contribution in [-0.2, 0) is 19.1 Å². The van der Waals surface area contributed by atoms with E-state index in [0.717, 1.165) is 5.01 Å². The summed E-state index contributed by atoms with van der Waals surface area (Å²) < 4.78 is 10.6. The molecule has 0 unspecified atom stereocenters. The average Bonchev–Trinajstić information content (AvgIpc) is 3.27. The molecule has 132 valence electrons. The molecular formula is C18H15N3O5. The van der Waals surface area contributed by atoms with Gasteiger partial charge in [0.2, 0.25) is 0 Å². The second-order valence-corrected chi connectivity index (χ2v) is 5.22. The van der Waals surface area contributed by atoms with Gasteiger partial charge in [-0.25, -0.2) is 9.59 Å². The summed E-state index contributed by atoms with van der Waals surface area (Å²) in [5.41, 5.74) is 0.751. The zero-order valence-electron chi connectivity index (χ0n) is 14.1. The largest absolute Gasteiger partial charge is 0.464 e. The maximum Gasteiger partial charge on any atom is 0.418 e. The van der Waals surface area contributed by atoms with Crippen LogP contribution >= 0.6 is 0 Å². The number of nitrogens with zero attached hydrogens (tertiary/aromatic N) is 3. The van der Waals surface area contributed by atoms with Gasteiger partial charge in [-0.05, 0) is 30.3 Å². The highest BCUT2D eigenvalue weighted by molar-refractivity contribution is 6.54. The van der Waals surface area contributed by atoms with Crippen LogP contribution in [0.15, 0.2) is 59.3 Å². The Bertz CT molecular complexity index is 927. The minimum Gasteiger partial charge on any atom is -0.464 e. The predicted molar refractivity (Wildman–Crippen MR) is 93.6 cm³/mol. The summed E-state index contributed by atoms with van der Waals surface area (Å²) in [7, 11) is 2.45. The molecular weight excluding hydrogens is 338 g/mol. The van der Waals surface area contributed by atoms with Crippen LogP contribution in [-0.4, -0.2) is 42.5 Å². The highest BCUT2D eigenvalue weighted by Gasteiger charge is 2.36. The molecule has 1 aromatic carbocycles. The van der Waals surface area contributed by atoms with Crippen molar-refractivity contribution < 1.29 is 23.9 Å². The number of hydrazone groups is 1. The topological polar surface area (TPSA) is 90.2 Å². The molecule has 0 saturated heterocycles. The van der Waals surface area contributed by atoms with Crippen molar-refractivity contribution in [1.82, 2.24) is 4.57 Å². The summed E-state index contributed by atoms with van der Waals surface area (Å²) in [5, 5.41) is 5.21. The third-order valence-corrected chi connectivity index (χ3v) is 3.70.